The first-order valence-corrected chi connectivity index (χ1v) is 6.55. The SMILES string of the molecule is ClC(OCC1CCCC1)C1CCCC1. The normalized spacial score (nSPS) is 27.2. The van der Waals surface area contributed by atoms with Gasteiger partial charge in [0.25, 0.3) is 0 Å². The minimum atomic E-state index is -0.00176. The van der Waals surface area contributed by atoms with Crippen molar-refractivity contribution in [3.05, 3.63) is 0 Å². The Morgan fingerprint density at radius 2 is 1.57 bits per heavy atom. The second kappa shape index (κ2) is 5.37. The molecule has 0 amide bonds. The Morgan fingerprint density at radius 3 is 2.21 bits per heavy atom. The third-order valence-electron chi connectivity index (χ3n) is 3.74. The van der Waals surface area contributed by atoms with E-state index in [2.05, 4.69) is 0 Å². The highest BCUT2D eigenvalue weighted by Gasteiger charge is 2.25. The van der Waals surface area contributed by atoms with E-state index in [0.29, 0.717) is 5.92 Å². The van der Waals surface area contributed by atoms with Gasteiger partial charge in [-0.25, -0.2) is 0 Å². The van der Waals surface area contributed by atoms with Gasteiger partial charge in [0.15, 0.2) is 0 Å². The van der Waals surface area contributed by atoms with E-state index in [9.17, 15) is 0 Å². The number of hydrogen-bond donors (Lipinski definition) is 0. The van der Waals surface area contributed by atoms with Gasteiger partial charge in [-0.1, -0.05) is 37.3 Å². The van der Waals surface area contributed by atoms with Crippen LogP contribution in [0.4, 0.5) is 0 Å². The van der Waals surface area contributed by atoms with Crippen LogP contribution in [-0.2, 0) is 4.74 Å². The Balaban J connectivity index is 1.63. The molecular formula is C12H21ClO. The zero-order valence-corrected chi connectivity index (χ0v) is 9.64. The van der Waals surface area contributed by atoms with E-state index in [4.69, 9.17) is 16.3 Å². The van der Waals surface area contributed by atoms with Crippen molar-refractivity contribution in [1.29, 1.82) is 0 Å². The van der Waals surface area contributed by atoms with Crippen LogP contribution >= 0.6 is 11.6 Å². The van der Waals surface area contributed by atoms with Crippen LogP contribution in [0.2, 0.25) is 0 Å². The maximum Gasteiger partial charge on any atom is 0.133 e. The molecule has 0 spiro atoms. The fourth-order valence-corrected chi connectivity index (χ4v) is 3.09. The van der Waals surface area contributed by atoms with Crippen LogP contribution in [0.5, 0.6) is 0 Å². The quantitative estimate of drug-likeness (QED) is 0.647. The number of halogens is 1. The minimum Gasteiger partial charge on any atom is -0.362 e. The first kappa shape index (κ1) is 10.8. The van der Waals surface area contributed by atoms with Crippen molar-refractivity contribution in [3.63, 3.8) is 0 Å². The predicted molar refractivity (Wildman–Crippen MR) is 59.5 cm³/mol. The molecule has 2 aliphatic rings. The van der Waals surface area contributed by atoms with E-state index < -0.39 is 0 Å². The van der Waals surface area contributed by atoms with Crippen molar-refractivity contribution in [3.8, 4) is 0 Å². The van der Waals surface area contributed by atoms with E-state index in [1.807, 2.05) is 0 Å². The summed E-state index contributed by atoms with van der Waals surface area (Å²) in [5, 5.41) is 0. The van der Waals surface area contributed by atoms with Crippen molar-refractivity contribution in [2.75, 3.05) is 6.61 Å². The van der Waals surface area contributed by atoms with Gasteiger partial charge in [0.2, 0.25) is 0 Å². The first-order valence-electron chi connectivity index (χ1n) is 6.12. The summed E-state index contributed by atoms with van der Waals surface area (Å²) >= 11 is 6.24. The van der Waals surface area contributed by atoms with E-state index in [1.165, 1.54) is 51.4 Å². The second-order valence-corrected chi connectivity index (χ2v) is 5.31. The monoisotopic (exact) mass is 216 g/mol. The lowest BCUT2D eigenvalue weighted by atomic mass is 10.1. The lowest BCUT2D eigenvalue weighted by Crippen LogP contribution is -2.19. The van der Waals surface area contributed by atoms with Crippen molar-refractivity contribution in [2.24, 2.45) is 11.8 Å². The number of hydrogen-bond acceptors (Lipinski definition) is 1. The smallest absolute Gasteiger partial charge is 0.133 e. The average molecular weight is 217 g/mol. The molecule has 2 aliphatic carbocycles. The van der Waals surface area contributed by atoms with Gasteiger partial charge in [0, 0.05) is 0 Å². The summed E-state index contributed by atoms with van der Waals surface area (Å²) in [6, 6.07) is 0. The maximum atomic E-state index is 6.24. The zero-order valence-electron chi connectivity index (χ0n) is 8.88. The molecule has 2 saturated carbocycles. The molecule has 0 saturated heterocycles. The van der Waals surface area contributed by atoms with Gasteiger partial charge in [0.1, 0.15) is 5.56 Å². The molecule has 0 bridgehead atoms. The number of ether oxygens (including phenoxy) is 1. The standard InChI is InChI=1S/C12H21ClO/c13-12(11-7-3-4-8-11)14-9-10-5-1-2-6-10/h10-12H,1-9H2. The first-order chi connectivity index (χ1) is 6.86. The van der Waals surface area contributed by atoms with Gasteiger partial charge in [0.05, 0.1) is 6.61 Å². The second-order valence-electron chi connectivity index (χ2n) is 4.88. The molecule has 0 aromatic heterocycles. The molecule has 0 N–H and O–H groups in total. The van der Waals surface area contributed by atoms with Gasteiger partial charge in [-0.05, 0) is 37.5 Å². The molecule has 1 nitrogen and oxygen atoms in total. The highest BCUT2D eigenvalue weighted by Crippen LogP contribution is 2.32. The van der Waals surface area contributed by atoms with Gasteiger partial charge in [-0.2, -0.15) is 0 Å². The summed E-state index contributed by atoms with van der Waals surface area (Å²) < 4.78 is 5.78. The topological polar surface area (TPSA) is 9.23 Å². The lowest BCUT2D eigenvalue weighted by molar-refractivity contribution is 0.0460. The molecule has 2 heteroatoms. The van der Waals surface area contributed by atoms with Crippen LogP contribution in [0.3, 0.4) is 0 Å². The van der Waals surface area contributed by atoms with Crippen molar-refractivity contribution in [1.82, 2.24) is 0 Å². The molecule has 14 heavy (non-hydrogen) atoms. The van der Waals surface area contributed by atoms with Gasteiger partial charge in [-0.3, -0.25) is 0 Å². The third kappa shape index (κ3) is 2.87. The summed E-state index contributed by atoms with van der Waals surface area (Å²) in [4.78, 5) is 0. The van der Waals surface area contributed by atoms with E-state index in [0.717, 1.165) is 12.5 Å². The largest absolute Gasteiger partial charge is 0.362 e. The molecule has 0 heterocycles. The van der Waals surface area contributed by atoms with Crippen LogP contribution in [-0.4, -0.2) is 12.2 Å². The van der Waals surface area contributed by atoms with Gasteiger partial charge in [-0.15, -0.1) is 0 Å². The molecule has 0 aliphatic heterocycles. The van der Waals surface area contributed by atoms with Crippen LogP contribution in [0.25, 0.3) is 0 Å². The molecule has 1 unspecified atom stereocenters. The van der Waals surface area contributed by atoms with Crippen molar-refractivity contribution in [2.45, 2.75) is 56.9 Å². The maximum absolute atomic E-state index is 6.24. The highest BCUT2D eigenvalue weighted by molar-refractivity contribution is 6.19. The molecule has 82 valence electrons. The fraction of sp³-hybridized carbons (Fsp3) is 1.00. The summed E-state index contributed by atoms with van der Waals surface area (Å²) in [7, 11) is 0. The van der Waals surface area contributed by atoms with Crippen LogP contribution in [0.15, 0.2) is 0 Å². The van der Waals surface area contributed by atoms with E-state index in [-0.39, 0.29) is 5.56 Å². The molecule has 0 radical (unpaired) electrons. The van der Waals surface area contributed by atoms with Crippen LogP contribution in [0, 0.1) is 11.8 Å². The summed E-state index contributed by atoms with van der Waals surface area (Å²) in [5.74, 6) is 1.44. The molecule has 2 fully saturated rings. The third-order valence-corrected chi connectivity index (χ3v) is 4.22. The summed E-state index contributed by atoms with van der Waals surface area (Å²) in [5.41, 5.74) is -0.00176. The molecular weight excluding hydrogens is 196 g/mol. The van der Waals surface area contributed by atoms with Crippen molar-refractivity contribution >= 4 is 11.6 Å². The zero-order chi connectivity index (χ0) is 9.80. The molecule has 2 rings (SSSR count). The van der Waals surface area contributed by atoms with E-state index >= 15 is 0 Å². The lowest BCUT2D eigenvalue weighted by Gasteiger charge is -2.19. The summed E-state index contributed by atoms with van der Waals surface area (Å²) in [6.45, 7) is 0.907. The number of alkyl halides is 1. The van der Waals surface area contributed by atoms with Gasteiger partial charge < -0.3 is 4.74 Å². The Kier molecular flexibility index (Phi) is 4.12. The Bertz CT molecular complexity index is 160. The molecule has 0 aromatic carbocycles. The average Bonchev–Trinajstić information content (AvgIpc) is 2.87. The number of rotatable bonds is 4. The van der Waals surface area contributed by atoms with Crippen LogP contribution < -0.4 is 0 Å². The summed E-state index contributed by atoms with van der Waals surface area (Å²) in [6.07, 6.45) is 10.7. The van der Waals surface area contributed by atoms with Crippen molar-refractivity contribution < 1.29 is 4.74 Å². The highest BCUT2D eigenvalue weighted by atomic mass is 35.5. The molecule has 0 aromatic rings. The predicted octanol–water partition coefficient (Wildman–Crippen LogP) is 3.95. The van der Waals surface area contributed by atoms with Crippen LogP contribution in [0.1, 0.15) is 51.4 Å². The Hall–Kier alpha value is 0.250. The molecule has 1 atom stereocenters. The Labute approximate surface area is 92.2 Å². The fourth-order valence-electron chi connectivity index (χ4n) is 2.76. The minimum absolute atomic E-state index is 0.00176. The Morgan fingerprint density at radius 1 is 1.00 bits per heavy atom. The van der Waals surface area contributed by atoms with E-state index in [1.54, 1.807) is 0 Å². The van der Waals surface area contributed by atoms with Gasteiger partial charge >= 0.3 is 0 Å².